The van der Waals surface area contributed by atoms with E-state index in [1.807, 2.05) is 42.5 Å². The van der Waals surface area contributed by atoms with Gasteiger partial charge in [-0.2, -0.15) is 0 Å². The van der Waals surface area contributed by atoms with Crippen molar-refractivity contribution in [1.82, 2.24) is 0 Å². The molecule has 7 nitrogen and oxygen atoms in total. The molecule has 0 aliphatic heterocycles. The summed E-state index contributed by atoms with van der Waals surface area (Å²) in [6, 6.07) is 18.8. The number of amides is 1. The number of nitrogens with one attached hydrogen (secondary N) is 1. The van der Waals surface area contributed by atoms with Gasteiger partial charge in [-0.05, 0) is 59.2 Å². The number of anilines is 1. The summed E-state index contributed by atoms with van der Waals surface area (Å²) in [6.07, 6.45) is 1.43. The summed E-state index contributed by atoms with van der Waals surface area (Å²) in [6.45, 7) is 2.07. The first-order valence-electron chi connectivity index (χ1n) is 10.5. The fourth-order valence-electron chi connectivity index (χ4n) is 3.77. The summed E-state index contributed by atoms with van der Waals surface area (Å²) >= 11 is 0. The van der Waals surface area contributed by atoms with Crippen LogP contribution in [0.25, 0.3) is 22.1 Å². The molecule has 0 saturated carbocycles. The fourth-order valence-corrected chi connectivity index (χ4v) is 3.77. The van der Waals surface area contributed by atoms with E-state index in [1.165, 1.54) is 6.92 Å². The number of furan rings is 1. The van der Waals surface area contributed by atoms with Crippen LogP contribution in [0, 0.1) is 0 Å². The lowest BCUT2D eigenvalue weighted by atomic mass is 9.99. The second kappa shape index (κ2) is 9.58. The third kappa shape index (κ3) is 5.22. The van der Waals surface area contributed by atoms with E-state index < -0.39 is 5.97 Å². The fraction of sp³-hybridized carbons (Fsp3) is 0.154. The first-order chi connectivity index (χ1) is 15.9. The average Bonchev–Trinajstić information content (AvgIpc) is 3.26. The zero-order chi connectivity index (χ0) is 23.4. The zero-order valence-corrected chi connectivity index (χ0v) is 18.1. The molecule has 4 aromatic rings. The van der Waals surface area contributed by atoms with Gasteiger partial charge in [0, 0.05) is 35.7 Å². The van der Waals surface area contributed by atoms with Gasteiger partial charge in [-0.1, -0.05) is 18.2 Å². The normalized spacial score (nSPS) is 10.8. The van der Waals surface area contributed by atoms with Gasteiger partial charge >= 0.3 is 5.97 Å². The number of nitrogens with two attached hydrogens (primary N) is 1. The van der Waals surface area contributed by atoms with Crippen LogP contribution in [0.15, 0.2) is 71.3 Å². The van der Waals surface area contributed by atoms with Crippen LogP contribution < -0.4 is 15.8 Å². The topological polar surface area (TPSA) is 115 Å². The molecule has 0 spiro atoms. The van der Waals surface area contributed by atoms with Crippen LogP contribution in [0.5, 0.6) is 5.75 Å². The van der Waals surface area contributed by atoms with Gasteiger partial charge in [-0.25, -0.2) is 0 Å². The van der Waals surface area contributed by atoms with Gasteiger partial charge in [0.1, 0.15) is 17.9 Å². The lowest BCUT2D eigenvalue weighted by Gasteiger charge is -2.14. The summed E-state index contributed by atoms with van der Waals surface area (Å²) in [4.78, 5) is 22.7. The van der Waals surface area contributed by atoms with Crippen LogP contribution in [0.1, 0.15) is 23.6 Å². The molecule has 0 aliphatic carbocycles. The highest BCUT2D eigenvalue weighted by molar-refractivity contribution is 5.93. The van der Waals surface area contributed by atoms with E-state index in [0.717, 1.165) is 33.2 Å². The number of hydrogen-bond donors (Lipinski definition) is 3. The molecule has 1 heterocycles. The van der Waals surface area contributed by atoms with E-state index in [1.54, 1.807) is 24.5 Å². The third-order valence-corrected chi connectivity index (χ3v) is 5.20. The number of rotatable bonds is 8. The van der Waals surface area contributed by atoms with Crippen LogP contribution in [-0.2, 0) is 29.2 Å². The first-order valence-corrected chi connectivity index (χ1v) is 10.5. The SMILES string of the molecule is CC(=O)Nc1ccc(OCc2cc(-c3cccc(CN)c3)c3occc3c2)c(CC(=O)O)c1. The maximum Gasteiger partial charge on any atom is 0.307 e. The molecule has 33 heavy (non-hydrogen) atoms. The minimum absolute atomic E-state index is 0.222. The van der Waals surface area contributed by atoms with Gasteiger partial charge in [0.05, 0.1) is 12.7 Å². The lowest BCUT2D eigenvalue weighted by Crippen LogP contribution is -2.08. The molecule has 168 valence electrons. The van der Waals surface area contributed by atoms with E-state index in [4.69, 9.17) is 14.9 Å². The van der Waals surface area contributed by atoms with Crippen molar-refractivity contribution in [1.29, 1.82) is 0 Å². The number of carbonyl (C=O) groups is 2. The average molecular weight is 444 g/mol. The first kappa shape index (κ1) is 22.1. The highest BCUT2D eigenvalue weighted by atomic mass is 16.5. The second-order valence-corrected chi connectivity index (χ2v) is 7.75. The minimum atomic E-state index is -0.985. The van der Waals surface area contributed by atoms with Crippen molar-refractivity contribution >= 4 is 28.5 Å². The van der Waals surface area contributed by atoms with Crippen molar-refractivity contribution in [3.05, 3.63) is 83.6 Å². The summed E-state index contributed by atoms with van der Waals surface area (Å²) in [7, 11) is 0. The minimum Gasteiger partial charge on any atom is -0.489 e. The number of ether oxygens (including phenoxy) is 1. The summed E-state index contributed by atoms with van der Waals surface area (Å²) in [5.41, 5.74) is 11.4. The quantitative estimate of drug-likeness (QED) is 0.362. The van der Waals surface area contributed by atoms with Crippen LogP contribution in [-0.4, -0.2) is 17.0 Å². The number of carboxylic acid groups (broad SMARTS) is 1. The Bertz CT molecular complexity index is 1330. The lowest BCUT2D eigenvalue weighted by molar-refractivity contribution is -0.136. The standard InChI is InChI=1S/C26H24N2O5/c1-16(29)28-22-5-6-24(21(12-22)13-25(30)31)33-15-18-10-20-7-8-32-26(20)23(11-18)19-4-2-3-17(9-19)14-27/h2-12H,13-15,27H2,1H3,(H,28,29)(H,30,31). The van der Waals surface area contributed by atoms with Crippen molar-refractivity contribution in [3.8, 4) is 16.9 Å². The Balaban J connectivity index is 1.65. The molecule has 1 amide bonds. The highest BCUT2D eigenvalue weighted by Gasteiger charge is 2.13. The summed E-state index contributed by atoms with van der Waals surface area (Å²) in [5, 5.41) is 12.9. The molecular weight excluding hydrogens is 420 g/mol. The van der Waals surface area contributed by atoms with Crippen LogP contribution in [0.3, 0.4) is 0 Å². The monoisotopic (exact) mass is 444 g/mol. The van der Waals surface area contributed by atoms with Crippen molar-refractivity contribution < 1.29 is 23.8 Å². The van der Waals surface area contributed by atoms with Gasteiger partial charge < -0.3 is 25.3 Å². The van der Waals surface area contributed by atoms with Crippen LogP contribution >= 0.6 is 0 Å². The molecule has 4 rings (SSSR count). The van der Waals surface area contributed by atoms with E-state index in [-0.39, 0.29) is 18.9 Å². The molecule has 7 heteroatoms. The van der Waals surface area contributed by atoms with E-state index >= 15 is 0 Å². The maximum atomic E-state index is 11.3. The Labute approximate surface area is 190 Å². The molecule has 0 radical (unpaired) electrons. The zero-order valence-electron chi connectivity index (χ0n) is 18.1. The number of aliphatic carboxylic acids is 1. The van der Waals surface area contributed by atoms with Crippen LogP contribution in [0.2, 0.25) is 0 Å². The van der Waals surface area contributed by atoms with Gasteiger partial charge in [-0.3, -0.25) is 9.59 Å². The second-order valence-electron chi connectivity index (χ2n) is 7.75. The predicted molar refractivity (Wildman–Crippen MR) is 126 cm³/mol. The molecule has 0 atom stereocenters. The highest BCUT2D eigenvalue weighted by Crippen LogP contribution is 2.32. The van der Waals surface area contributed by atoms with Crippen LogP contribution in [0.4, 0.5) is 5.69 Å². The molecule has 0 saturated heterocycles. The largest absolute Gasteiger partial charge is 0.489 e. The van der Waals surface area contributed by atoms with Gasteiger partial charge in [0.2, 0.25) is 5.91 Å². The number of carboxylic acids is 1. The van der Waals surface area contributed by atoms with Crippen molar-refractivity contribution in [2.24, 2.45) is 5.73 Å². The Kier molecular flexibility index (Phi) is 6.42. The molecule has 3 aromatic carbocycles. The molecule has 0 bridgehead atoms. The molecule has 0 aliphatic rings. The van der Waals surface area contributed by atoms with Crippen molar-refractivity contribution in [2.75, 3.05) is 5.32 Å². The molecular formula is C26H24N2O5. The number of carbonyl (C=O) groups excluding carboxylic acids is 1. The summed E-state index contributed by atoms with van der Waals surface area (Å²) < 4.78 is 11.7. The van der Waals surface area contributed by atoms with E-state index in [9.17, 15) is 14.7 Å². The molecule has 1 aromatic heterocycles. The number of fused-ring (bicyclic) bond motifs is 1. The van der Waals surface area contributed by atoms with E-state index in [0.29, 0.717) is 23.5 Å². The van der Waals surface area contributed by atoms with E-state index in [2.05, 4.69) is 5.32 Å². The Morgan fingerprint density at radius 2 is 1.91 bits per heavy atom. The van der Waals surface area contributed by atoms with Crippen molar-refractivity contribution in [2.45, 2.75) is 26.5 Å². The van der Waals surface area contributed by atoms with Gasteiger partial charge in [0.25, 0.3) is 0 Å². The Morgan fingerprint density at radius 1 is 1.06 bits per heavy atom. The molecule has 4 N–H and O–H groups in total. The number of hydrogen-bond acceptors (Lipinski definition) is 5. The third-order valence-electron chi connectivity index (χ3n) is 5.20. The molecule has 0 unspecified atom stereocenters. The predicted octanol–water partition coefficient (Wildman–Crippen LogP) is 4.72. The number of benzene rings is 3. The van der Waals surface area contributed by atoms with Gasteiger partial charge in [-0.15, -0.1) is 0 Å². The summed E-state index contributed by atoms with van der Waals surface area (Å²) in [5.74, 6) is -0.767. The van der Waals surface area contributed by atoms with Crippen molar-refractivity contribution in [3.63, 3.8) is 0 Å². The molecule has 0 fully saturated rings. The Hall–Kier alpha value is -4.10. The Morgan fingerprint density at radius 3 is 2.67 bits per heavy atom. The maximum absolute atomic E-state index is 11.3. The smallest absolute Gasteiger partial charge is 0.307 e. The van der Waals surface area contributed by atoms with Gasteiger partial charge in [0.15, 0.2) is 0 Å².